The SMILES string of the molecule is CNC(=O)C1COCCN1c1nc(C)cc(CN)n1. The molecule has 0 radical (unpaired) electrons. The number of rotatable bonds is 3. The number of hydrogen-bond donors (Lipinski definition) is 2. The van der Waals surface area contributed by atoms with Crippen molar-refractivity contribution in [1.29, 1.82) is 0 Å². The van der Waals surface area contributed by atoms with E-state index in [1.54, 1.807) is 7.05 Å². The highest BCUT2D eigenvalue weighted by molar-refractivity contribution is 5.84. The highest BCUT2D eigenvalue weighted by atomic mass is 16.5. The van der Waals surface area contributed by atoms with Gasteiger partial charge in [-0.15, -0.1) is 0 Å². The molecule has 19 heavy (non-hydrogen) atoms. The van der Waals surface area contributed by atoms with Gasteiger partial charge in [-0.1, -0.05) is 0 Å². The lowest BCUT2D eigenvalue weighted by Gasteiger charge is -2.34. The molecule has 1 unspecified atom stereocenters. The third-order valence-corrected chi connectivity index (χ3v) is 3.04. The Kier molecular flexibility index (Phi) is 4.28. The van der Waals surface area contributed by atoms with Crippen molar-refractivity contribution in [3.63, 3.8) is 0 Å². The van der Waals surface area contributed by atoms with Gasteiger partial charge in [0.05, 0.1) is 18.9 Å². The van der Waals surface area contributed by atoms with E-state index < -0.39 is 6.04 Å². The predicted octanol–water partition coefficient (Wildman–Crippen LogP) is -0.805. The predicted molar refractivity (Wildman–Crippen MR) is 70.7 cm³/mol. The van der Waals surface area contributed by atoms with E-state index in [1.807, 2.05) is 17.9 Å². The van der Waals surface area contributed by atoms with Crippen LogP contribution >= 0.6 is 0 Å². The number of anilines is 1. The van der Waals surface area contributed by atoms with E-state index in [0.29, 0.717) is 32.3 Å². The lowest BCUT2D eigenvalue weighted by molar-refractivity contribution is -0.124. The van der Waals surface area contributed by atoms with Gasteiger partial charge < -0.3 is 20.7 Å². The van der Waals surface area contributed by atoms with Crippen LogP contribution in [-0.4, -0.2) is 48.7 Å². The van der Waals surface area contributed by atoms with Gasteiger partial charge in [-0.25, -0.2) is 9.97 Å². The van der Waals surface area contributed by atoms with Crippen molar-refractivity contribution >= 4 is 11.9 Å². The van der Waals surface area contributed by atoms with E-state index in [1.165, 1.54) is 0 Å². The summed E-state index contributed by atoms with van der Waals surface area (Å²) < 4.78 is 5.36. The number of ether oxygens (including phenoxy) is 1. The number of hydrogen-bond acceptors (Lipinski definition) is 6. The first-order valence-electron chi connectivity index (χ1n) is 6.26. The second-order valence-corrected chi connectivity index (χ2v) is 4.40. The van der Waals surface area contributed by atoms with Gasteiger partial charge in [0.1, 0.15) is 6.04 Å². The van der Waals surface area contributed by atoms with Crippen LogP contribution in [0.5, 0.6) is 0 Å². The van der Waals surface area contributed by atoms with Crippen LogP contribution in [0.15, 0.2) is 6.07 Å². The van der Waals surface area contributed by atoms with Gasteiger partial charge in [0.2, 0.25) is 11.9 Å². The average Bonchev–Trinajstić information content (AvgIpc) is 2.45. The minimum absolute atomic E-state index is 0.0981. The van der Waals surface area contributed by atoms with Crippen molar-refractivity contribution in [2.24, 2.45) is 5.73 Å². The Balaban J connectivity index is 2.31. The van der Waals surface area contributed by atoms with Gasteiger partial charge in [-0.3, -0.25) is 4.79 Å². The zero-order chi connectivity index (χ0) is 13.8. The molecule has 0 aromatic carbocycles. The number of likely N-dealkylation sites (N-methyl/N-ethyl adjacent to an activating group) is 1. The second kappa shape index (κ2) is 5.94. The maximum absolute atomic E-state index is 11.9. The molecule has 1 fully saturated rings. The Bertz CT molecular complexity index is 465. The molecule has 7 heteroatoms. The van der Waals surface area contributed by atoms with Crippen LogP contribution < -0.4 is 16.0 Å². The summed E-state index contributed by atoms with van der Waals surface area (Å²) in [7, 11) is 1.61. The highest BCUT2D eigenvalue weighted by Crippen LogP contribution is 2.16. The summed E-state index contributed by atoms with van der Waals surface area (Å²) in [4.78, 5) is 22.5. The minimum Gasteiger partial charge on any atom is -0.377 e. The van der Waals surface area contributed by atoms with Crippen LogP contribution in [0.25, 0.3) is 0 Å². The van der Waals surface area contributed by atoms with E-state index >= 15 is 0 Å². The summed E-state index contributed by atoms with van der Waals surface area (Å²) in [5.74, 6) is 0.441. The maximum atomic E-state index is 11.9. The van der Waals surface area contributed by atoms with Crippen molar-refractivity contribution in [2.75, 3.05) is 31.7 Å². The lowest BCUT2D eigenvalue weighted by Crippen LogP contribution is -2.54. The Labute approximate surface area is 112 Å². The number of amides is 1. The molecule has 1 atom stereocenters. The van der Waals surface area contributed by atoms with Gasteiger partial charge in [0.15, 0.2) is 0 Å². The first-order valence-corrected chi connectivity index (χ1v) is 6.26. The molecule has 1 aliphatic heterocycles. The molecule has 2 rings (SSSR count). The Morgan fingerprint density at radius 1 is 1.63 bits per heavy atom. The summed E-state index contributed by atoms with van der Waals surface area (Å²) >= 11 is 0. The second-order valence-electron chi connectivity index (χ2n) is 4.40. The third-order valence-electron chi connectivity index (χ3n) is 3.04. The monoisotopic (exact) mass is 265 g/mol. The summed E-state index contributed by atoms with van der Waals surface area (Å²) in [6.07, 6.45) is 0. The minimum atomic E-state index is -0.397. The Morgan fingerprint density at radius 3 is 3.11 bits per heavy atom. The molecule has 1 aromatic heterocycles. The van der Waals surface area contributed by atoms with E-state index in [-0.39, 0.29) is 5.91 Å². The number of nitrogens with zero attached hydrogens (tertiary/aromatic N) is 3. The van der Waals surface area contributed by atoms with Crippen LogP contribution in [0.1, 0.15) is 11.4 Å². The summed E-state index contributed by atoms with van der Waals surface area (Å²) in [5, 5.41) is 2.64. The van der Waals surface area contributed by atoms with Gasteiger partial charge in [-0.2, -0.15) is 0 Å². The van der Waals surface area contributed by atoms with Crippen molar-refractivity contribution in [2.45, 2.75) is 19.5 Å². The zero-order valence-electron chi connectivity index (χ0n) is 11.2. The molecular formula is C12H19N5O2. The topological polar surface area (TPSA) is 93.4 Å². The van der Waals surface area contributed by atoms with Crippen LogP contribution in [0.2, 0.25) is 0 Å². The Morgan fingerprint density at radius 2 is 2.42 bits per heavy atom. The van der Waals surface area contributed by atoms with Crippen molar-refractivity contribution in [1.82, 2.24) is 15.3 Å². The molecule has 0 bridgehead atoms. The third kappa shape index (κ3) is 2.99. The zero-order valence-corrected chi connectivity index (χ0v) is 11.2. The summed E-state index contributed by atoms with van der Waals surface area (Å²) in [5.41, 5.74) is 7.23. The number of nitrogens with one attached hydrogen (secondary N) is 1. The molecule has 104 valence electrons. The standard InChI is InChI=1S/C12H19N5O2/c1-8-5-9(6-13)16-12(15-8)17-3-4-19-7-10(17)11(18)14-2/h5,10H,3-4,6-7,13H2,1-2H3,(H,14,18). The maximum Gasteiger partial charge on any atom is 0.244 e. The smallest absolute Gasteiger partial charge is 0.244 e. The van der Waals surface area contributed by atoms with Gasteiger partial charge in [0.25, 0.3) is 0 Å². The van der Waals surface area contributed by atoms with Crippen LogP contribution in [0.4, 0.5) is 5.95 Å². The fourth-order valence-electron chi connectivity index (χ4n) is 2.08. The number of aromatic nitrogens is 2. The quantitative estimate of drug-likeness (QED) is 0.743. The number of aryl methyl sites for hydroxylation is 1. The van der Waals surface area contributed by atoms with E-state index in [4.69, 9.17) is 10.5 Å². The molecule has 3 N–H and O–H groups in total. The van der Waals surface area contributed by atoms with E-state index in [0.717, 1.165) is 11.4 Å². The highest BCUT2D eigenvalue weighted by Gasteiger charge is 2.30. The first kappa shape index (κ1) is 13.7. The summed E-state index contributed by atoms with van der Waals surface area (Å²) in [6, 6.07) is 1.45. The van der Waals surface area contributed by atoms with Crippen molar-refractivity contribution < 1.29 is 9.53 Å². The first-order chi connectivity index (χ1) is 9.15. The molecule has 1 aliphatic rings. The van der Waals surface area contributed by atoms with Crippen molar-refractivity contribution in [3.05, 3.63) is 17.5 Å². The average molecular weight is 265 g/mol. The molecule has 0 saturated carbocycles. The molecule has 1 amide bonds. The normalized spacial score (nSPS) is 19.3. The van der Waals surface area contributed by atoms with Gasteiger partial charge in [-0.05, 0) is 13.0 Å². The van der Waals surface area contributed by atoms with Crippen LogP contribution in [-0.2, 0) is 16.1 Å². The van der Waals surface area contributed by atoms with Gasteiger partial charge >= 0.3 is 0 Å². The van der Waals surface area contributed by atoms with E-state index in [2.05, 4.69) is 15.3 Å². The number of carbonyl (C=O) groups excluding carboxylic acids is 1. The fourth-order valence-corrected chi connectivity index (χ4v) is 2.08. The summed E-state index contributed by atoms with van der Waals surface area (Å²) in [6.45, 7) is 3.73. The molecule has 0 aliphatic carbocycles. The number of carbonyl (C=O) groups is 1. The molecule has 0 spiro atoms. The Hall–Kier alpha value is -1.73. The number of nitrogens with two attached hydrogens (primary N) is 1. The molecule has 1 aromatic rings. The molecule has 2 heterocycles. The van der Waals surface area contributed by atoms with Gasteiger partial charge in [0, 0.05) is 25.8 Å². The molecular weight excluding hydrogens is 246 g/mol. The molecule has 1 saturated heterocycles. The molecule has 7 nitrogen and oxygen atoms in total. The van der Waals surface area contributed by atoms with Crippen LogP contribution in [0, 0.1) is 6.92 Å². The van der Waals surface area contributed by atoms with Crippen molar-refractivity contribution in [3.8, 4) is 0 Å². The van der Waals surface area contributed by atoms with E-state index in [9.17, 15) is 4.79 Å². The lowest BCUT2D eigenvalue weighted by atomic mass is 10.2. The van der Waals surface area contributed by atoms with Crippen LogP contribution in [0.3, 0.4) is 0 Å². The largest absolute Gasteiger partial charge is 0.377 e. The fraction of sp³-hybridized carbons (Fsp3) is 0.583. The number of morpholine rings is 1.